The first-order chi connectivity index (χ1) is 9.93. The molecule has 7 nitrogen and oxygen atoms in total. The van der Waals surface area contributed by atoms with Gasteiger partial charge in [0, 0.05) is 0 Å². The van der Waals surface area contributed by atoms with Crippen molar-refractivity contribution < 1.29 is 18.3 Å². The Bertz CT molecular complexity index is 812. The molecule has 1 aliphatic heterocycles. The van der Waals surface area contributed by atoms with E-state index in [0.29, 0.717) is 16.9 Å². The molecule has 2 N–H and O–H groups in total. The Morgan fingerprint density at radius 1 is 1.43 bits per heavy atom. The summed E-state index contributed by atoms with van der Waals surface area (Å²) in [6, 6.07) is 6.65. The fourth-order valence-electron chi connectivity index (χ4n) is 2.53. The average Bonchev–Trinajstić information content (AvgIpc) is 3.02. The molecular formula is C13H13N3O4S. The van der Waals surface area contributed by atoms with Gasteiger partial charge in [-0.05, 0) is 18.6 Å². The number of rotatable bonds is 3. The average molecular weight is 307 g/mol. The quantitative estimate of drug-likeness (QED) is 0.883. The zero-order chi connectivity index (χ0) is 15.2. The van der Waals surface area contributed by atoms with E-state index in [0.717, 1.165) is 4.31 Å². The highest BCUT2D eigenvalue weighted by molar-refractivity contribution is 7.93. The number of aromatic amines is 1. The number of nitrogens with one attached hydrogen (secondary N) is 1. The fourth-order valence-corrected chi connectivity index (χ4v) is 4.16. The van der Waals surface area contributed by atoms with Crippen LogP contribution in [0.4, 0.5) is 5.69 Å². The van der Waals surface area contributed by atoms with Gasteiger partial charge < -0.3 is 5.11 Å². The lowest BCUT2D eigenvalue weighted by Crippen LogP contribution is -2.31. The summed E-state index contributed by atoms with van der Waals surface area (Å²) in [4.78, 5) is 11.4. The standard InChI is InChI=1S/C13H13N3O4S/c1-8-12(6-14-15-8)21(19,20)16-7-10(13(17)18)9-4-2-3-5-11(9)16/h2-6,10H,7H2,1H3,(H,14,15)(H,17,18)/t10-/m0/s1. The van der Waals surface area contributed by atoms with Gasteiger partial charge in [0.15, 0.2) is 0 Å². The van der Waals surface area contributed by atoms with Crippen molar-refractivity contribution in [2.45, 2.75) is 17.7 Å². The zero-order valence-electron chi connectivity index (χ0n) is 11.1. The first kappa shape index (κ1) is 13.6. The lowest BCUT2D eigenvalue weighted by molar-refractivity contribution is -0.138. The van der Waals surface area contributed by atoms with Crippen molar-refractivity contribution >= 4 is 21.7 Å². The molecule has 0 saturated carbocycles. The SMILES string of the molecule is Cc1[nH]ncc1S(=O)(=O)N1C[C@H](C(=O)O)c2ccccc21. The summed E-state index contributed by atoms with van der Waals surface area (Å²) >= 11 is 0. The van der Waals surface area contributed by atoms with Gasteiger partial charge in [-0.3, -0.25) is 14.2 Å². The van der Waals surface area contributed by atoms with Crippen LogP contribution in [0.25, 0.3) is 0 Å². The summed E-state index contributed by atoms with van der Waals surface area (Å²) in [5.41, 5.74) is 1.34. The molecule has 1 aliphatic rings. The first-order valence-corrected chi connectivity index (χ1v) is 7.71. The van der Waals surface area contributed by atoms with Crippen LogP contribution in [0, 0.1) is 6.92 Å². The number of hydrogen-bond donors (Lipinski definition) is 2. The Morgan fingerprint density at radius 3 is 2.76 bits per heavy atom. The predicted molar refractivity (Wildman–Crippen MR) is 74.7 cm³/mol. The first-order valence-electron chi connectivity index (χ1n) is 6.27. The van der Waals surface area contributed by atoms with Crippen LogP contribution in [0.1, 0.15) is 17.2 Å². The lowest BCUT2D eigenvalue weighted by Gasteiger charge is -2.19. The lowest BCUT2D eigenvalue weighted by atomic mass is 10.0. The molecule has 0 radical (unpaired) electrons. The van der Waals surface area contributed by atoms with E-state index in [9.17, 15) is 18.3 Å². The molecule has 21 heavy (non-hydrogen) atoms. The number of fused-ring (bicyclic) bond motifs is 1. The van der Waals surface area contributed by atoms with Crippen molar-refractivity contribution in [2.24, 2.45) is 0 Å². The van der Waals surface area contributed by atoms with E-state index in [4.69, 9.17) is 0 Å². The topological polar surface area (TPSA) is 103 Å². The molecule has 1 aromatic heterocycles. The van der Waals surface area contributed by atoms with Gasteiger partial charge in [-0.15, -0.1) is 0 Å². The van der Waals surface area contributed by atoms with Gasteiger partial charge in [0.1, 0.15) is 10.8 Å². The van der Waals surface area contributed by atoms with E-state index in [1.54, 1.807) is 31.2 Å². The number of benzene rings is 1. The molecule has 0 spiro atoms. The number of hydrogen-bond acceptors (Lipinski definition) is 4. The largest absolute Gasteiger partial charge is 0.481 e. The van der Waals surface area contributed by atoms with Crippen molar-refractivity contribution in [1.29, 1.82) is 0 Å². The summed E-state index contributed by atoms with van der Waals surface area (Å²) in [6.07, 6.45) is 1.24. The van der Waals surface area contributed by atoms with E-state index in [1.807, 2.05) is 0 Å². The van der Waals surface area contributed by atoms with E-state index in [2.05, 4.69) is 10.2 Å². The Hall–Kier alpha value is -2.35. The Kier molecular flexibility index (Phi) is 2.98. The second-order valence-electron chi connectivity index (χ2n) is 4.85. The normalized spacial score (nSPS) is 17.8. The van der Waals surface area contributed by atoms with Gasteiger partial charge >= 0.3 is 5.97 Å². The highest BCUT2D eigenvalue weighted by Crippen LogP contribution is 2.39. The van der Waals surface area contributed by atoms with E-state index in [-0.39, 0.29) is 11.4 Å². The van der Waals surface area contributed by atoms with Crippen LogP contribution < -0.4 is 4.31 Å². The second-order valence-corrected chi connectivity index (χ2v) is 6.68. The number of aliphatic carboxylic acids is 1. The van der Waals surface area contributed by atoms with Crippen LogP contribution in [-0.4, -0.2) is 36.2 Å². The molecule has 0 aliphatic carbocycles. The summed E-state index contributed by atoms with van der Waals surface area (Å²) in [6.45, 7) is 1.50. The van der Waals surface area contributed by atoms with Gasteiger partial charge in [-0.2, -0.15) is 5.10 Å². The zero-order valence-corrected chi connectivity index (χ0v) is 12.0. The van der Waals surface area contributed by atoms with Crippen molar-refractivity contribution in [2.75, 3.05) is 10.8 Å². The molecular weight excluding hydrogens is 294 g/mol. The van der Waals surface area contributed by atoms with Crippen LogP contribution in [0.2, 0.25) is 0 Å². The highest BCUT2D eigenvalue weighted by atomic mass is 32.2. The molecule has 0 saturated heterocycles. The minimum atomic E-state index is -3.83. The van der Waals surface area contributed by atoms with Gasteiger partial charge in [-0.25, -0.2) is 8.42 Å². The predicted octanol–water partition coefficient (Wildman–Crippen LogP) is 1.10. The van der Waals surface area contributed by atoms with E-state index < -0.39 is 21.9 Å². The van der Waals surface area contributed by atoms with Crippen LogP contribution in [0.3, 0.4) is 0 Å². The van der Waals surface area contributed by atoms with Crippen molar-refractivity contribution in [3.63, 3.8) is 0 Å². The number of para-hydroxylation sites is 1. The Morgan fingerprint density at radius 2 is 2.14 bits per heavy atom. The van der Waals surface area contributed by atoms with Crippen LogP contribution >= 0.6 is 0 Å². The van der Waals surface area contributed by atoms with Crippen molar-refractivity contribution in [1.82, 2.24) is 10.2 Å². The smallest absolute Gasteiger partial charge is 0.312 e. The minimum absolute atomic E-state index is 0.0586. The van der Waals surface area contributed by atoms with Gasteiger partial charge in [0.2, 0.25) is 0 Å². The maximum Gasteiger partial charge on any atom is 0.312 e. The number of sulfonamides is 1. The maximum absolute atomic E-state index is 12.7. The number of carboxylic acids is 1. The van der Waals surface area contributed by atoms with Crippen LogP contribution in [0.15, 0.2) is 35.4 Å². The molecule has 0 bridgehead atoms. The van der Waals surface area contributed by atoms with E-state index in [1.165, 1.54) is 6.20 Å². The number of carbonyl (C=O) groups is 1. The Labute approximate surface area is 121 Å². The van der Waals surface area contributed by atoms with Crippen molar-refractivity contribution in [3.8, 4) is 0 Å². The number of anilines is 1. The maximum atomic E-state index is 12.7. The summed E-state index contributed by atoms with van der Waals surface area (Å²) in [5.74, 6) is -1.90. The monoisotopic (exact) mass is 307 g/mol. The molecule has 2 heterocycles. The molecule has 1 aromatic carbocycles. The number of aromatic nitrogens is 2. The molecule has 110 valence electrons. The third-order valence-electron chi connectivity index (χ3n) is 3.58. The van der Waals surface area contributed by atoms with Gasteiger partial charge in [0.25, 0.3) is 10.0 Å². The number of carboxylic acid groups (broad SMARTS) is 1. The van der Waals surface area contributed by atoms with Crippen LogP contribution in [-0.2, 0) is 14.8 Å². The van der Waals surface area contributed by atoms with Gasteiger partial charge in [-0.1, -0.05) is 18.2 Å². The number of aryl methyl sites for hydroxylation is 1. The third kappa shape index (κ3) is 1.99. The molecule has 1 atom stereocenters. The molecule has 0 amide bonds. The molecule has 0 unspecified atom stereocenters. The second kappa shape index (κ2) is 4.59. The number of nitrogens with zero attached hydrogens (tertiary/aromatic N) is 2. The molecule has 8 heteroatoms. The molecule has 2 aromatic rings. The summed E-state index contributed by atoms with van der Waals surface area (Å²) in [5, 5.41) is 15.6. The summed E-state index contributed by atoms with van der Waals surface area (Å²) < 4.78 is 26.6. The molecule has 3 rings (SSSR count). The molecule has 0 fully saturated rings. The van der Waals surface area contributed by atoms with Crippen molar-refractivity contribution in [3.05, 3.63) is 41.7 Å². The van der Waals surface area contributed by atoms with Crippen LogP contribution in [0.5, 0.6) is 0 Å². The Balaban J connectivity index is 2.13. The van der Waals surface area contributed by atoms with Gasteiger partial charge in [0.05, 0.1) is 24.1 Å². The minimum Gasteiger partial charge on any atom is -0.481 e. The summed E-state index contributed by atoms with van der Waals surface area (Å²) in [7, 11) is -3.83. The third-order valence-corrected chi connectivity index (χ3v) is 5.47. The highest BCUT2D eigenvalue weighted by Gasteiger charge is 2.40. The fraction of sp³-hybridized carbons (Fsp3) is 0.231. The number of H-pyrrole nitrogens is 1. The van der Waals surface area contributed by atoms with E-state index >= 15 is 0 Å².